The van der Waals surface area contributed by atoms with E-state index in [9.17, 15) is 81.7 Å². The zero-order valence-corrected chi connectivity index (χ0v) is 41.6. The Kier molecular flexibility index (Phi) is 18.3. The number of carbonyl (C=O) groups excluding carboxylic acids is 1. The third-order valence-electron chi connectivity index (χ3n) is 12.8. The van der Waals surface area contributed by atoms with Crippen molar-refractivity contribution in [3.63, 3.8) is 0 Å². The lowest BCUT2D eigenvalue weighted by Crippen LogP contribution is -2.70. The number of alkyl halides is 13. The van der Waals surface area contributed by atoms with Crippen LogP contribution in [-0.4, -0.2) is 137 Å². The minimum atomic E-state index is -8.08. The predicted octanol–water partition coefficient (Wildman–Crippen LogP) is 8.83. The van der Waals surface area contributed by atoms with Gasteiger partial charge in [0, 0.05) is 84.0 Å². The molecule has 418 valence electrons. The molecule has 13 nitrogen and oxygen atoms in total. The largest absolute Gasteiger partial charge is 0.460 e. The SMILES string of the molecule is CCN(CC)c1ccc2c(-c3ccccc3C(=O)SCC(COC3C(O)C(CO)OC3n3ccc(=O)[nH]c3=O)OCCCC(F)(F)C(F)(F)C(F)(F)C(F)(F)C(F)(F)C(F)(F)F)c3ccc(=[N+](CC)CC)cc-3oc2c1. The van der Waals surface area contributed by atoms with E-state index in [1.165, 1.54) is 6.07 Å². The average Bonchev–Trinajstić information content (AvgIpc) is 3.72. The summed E-state index contributed by atoms with van der Waals surface area (Å²) in [6.45, 7) is 7.77. The van der Waals surface area contributed by atoms with Crippen LogP contribution in [0.25, 0.3) is 33.4 Å². The molecule has 5 unspecified atom stereocenters. The lowest BCUT2D eigenvalue weighted by atomic mass is 9.91. The molecule has 3 aliphatic rings. The first-order valence-corrected chi connectivity index (χ1v) is 24.6. The second-order valence-corrected chi connectivity index (χ2v) is 18.5. The Morgan fingerprint density at radius 2 is 1.50 bits per heavy atom. The molecule has 0 amide bonds. The molecule has 0 bridgehead atoms. The second kappa shape index (κ2) is 23.2. The quantitative estimate of drug-likeness (QED) is 0.0248. The molecule has 0 radical (unpaired) electrons. The van der Waals surface area contributed by atoms with E-state index in [4.69, 9.17) is 18.6 Å². The van der Waals surface area contributed by atoms with Crippen LogP contribution in [0.15, 0.2) is 86.9 Å². The third-order valence-corrected chi connectivity index (χ3v) is 13.9. The standard InChI is InChI=1S/C49H51F13N4O9S/c1-5-64(6-2)27-14-16-32-34(22-27)74-35-23-28(65(7-3)8-4)15-17-33(35)38(32)30-12-9-10-13-31(30)42(70)76-26-29(25-73-40-39(69)36(24-67)75-41(40)66-20-18-37(68)63-43(66)71)72-21-11-19-44(50,51)45(52,53)46(54,55)47(56,57)48(58,59)49(60,61)62/h9-10,12-18,20,22-23,29,36,39-41,67,69H,5-8,11,19,21,24-26H2,1-4H3/p+1. The highest BCUT2D eigenvalue weighted by Crippen LogP contribution is 2.61. The monoisotopic (exact) mass is 1120 g/mol. The van der Waals surface area contributed by atoms with E-state index in [-0.39, 0.29) is 5.56 Å². The van der Waals surface area contributed by atoms with Gasteiger partial charge in [0.1, 0.15) is 42.7 Å². The summed E-state index contributed by atoms with van der Waals surface area (Å²) in [7, 11) is 0. The number of ether oxygens (including phenoxy) is 3. The Balaban J connectivity index is 1.33. The fraction of sp³-hybridized carbons (Fsp3) is 0.510. The zero-order valence-electron chi connectivity index (χ0n) is 40.8. The molecule has 27 heteroatoms. The van der Waals surface area contributed by atoms with Crippen LogP contribution >= 0.6 is 11.8 Å². The number of halogens is 13. The molecular weight excluding hydrogens is 1070 g/mol. The van der Waals surface area contributed by atoms with Crippen LogP contribution < -0.4 is 26.1 Å². The highest BCUT2D eigenvalue weighted by Gasteiger charge is 2.90. The minimum Gasteiger partial charge on any atom is -0.456 e. The number of carbonyl (C=O) groups is 1. The molecule has 2 aromatic carbocycles. The van der Waals surface area contributed by atoms with Gasteiger partial charge in [0.05, 0.1) is 25.4 Å². The van der Waals surface area contributed by atoms with Crippen LogP contribution in [0.4, 0.5) is 62.8 Å². The first-order valence-electron chi connectivity index (χ1n) is 23.6. The fourth-order valence-electron chi connectivity index (χ4n) is 8.62. The Labute approximate surface area is 428 Å². The summed E-state index contributed by atoms with van der Waals surface area (Å²) in [5, 5.41) is 21.7. The Bertz CT molecular complexity index is 2990. The molecule has 1 aliphatic carbocycles. The van der Waals surface area contributed by atoms with Crippen molar-refractivity contribution >= 4 is 33.5 Å². The molecule has 1 saturated heterocycles. The number of hydrogen-bond donors (Lipinski definition) is 3. The molecule has 3 heterocycles. The lowest BCUT2D eigenvalue weighted by Gasteiger charge is -2.39. The molecule has 76 heavy (non-hydrogen) atoms. The van der Waals surface area contributed by atoms with Gasteiger partial charge in [-0.15, -0.1) is 0 Å². The van der Waals surface area contributed by atoms with Gasteiger partial charge < -0.3 is 33.7 Å². The molecule has 2 aliphatic heterocycles. The highest BCUT2D eigenvalue weighted by molar-refractivity contribution is 8.14. The van der Waals surface area contributed by atoms with Gasteiger partial charge >= 0.3 is 41.5 Å². The number of thioether (sulfide) groups is 1. The molecular formula is C49H52F13N4O9S+. The first kappa shape index (κ1) is 59.8. The van der Waals surface area contributed by atoms with Gasteiger partial charge in [-0.25, -0.2) is 9.37 Å². The van der Waals surface area contributed by atoms with Crippen molar-refractivity contribution in [1.29, 1.82) is 0 Å². The summed E-state index contributed by atoms with van der Waals surface area (Å²) in [6, 6.07) is 18.5. The normalized spacial score (nSPS) is 18.4. The van der Waals surface area contributed by atoms with E-state index >= 15 is 0 Å². The number of nitrogens with zero attached hydrogens (tertiary/aromatic N) is 3. The second-order valence-electron chi connectivity index (χ2n) is 17.5. The van der Waals surface area contributed by atoms with E-state index < -0.39 is 121 Å². The van der Waals surface area contributed by atoms with E-state index in [1.54, 1.807) is 18.2 Å². The van der Waals surface area contributed by atoms with Crippen molar-refractivity contribution in [2.75, 3.05) is 56.7 Å². The summed E-state index contributed by atoms with van der Waals surface area (Å²) in [6.07, 6.45) is -18.7. The zero-order chi connectivity index (χ0) is 56.3. The summed E-state index contributed by atoms with van der Waals surface area (Å²) in [5.74, 6) is -37.9. The van der Waals surface area contributed by atoms with Crippen molar-refractivity contribution in [2.45, 2.75) is 107 Å². The molecule has 5 atom stereocenters. The maximum absolute atomic E-state index is 14.8. The van der Waals surface area contributed by atoms with Crippen molar-refractivity contribution in [1.82, 2.24) is 14.1 Å². The van der Waals surface area contributed by atoms with Gasteiger partial charge in [0.15, 0.2) is 6.23 Å². The van der Waals surface area contributed by atoms with Crippen LogP contribution in [0.3, 0.4) is 0 Å². The minimum absolute atomic E-state index is 0.0974. The van der Waals surface area contributed by atoms with Crippen LogP contribution in [0.5, 0.6) is 0 Å². The lowest BCUT2D eigenvalue weighted by molar-refractivity contribution is -0.440. The number of aromatic nitrogens is 2. The average molecular weight is 1120 g/mol. The number of aliphatic hydroxyl groups is 2. The van der Waals surface area contributed by atoms with Gasteiger partial charge in [-0.3, -0.25) is 19.1 Å². The van der Waals surface area contributed by atoms with E-state index in [1.807, 2.05) is 69.1 Å². The van der Waals surface area contributed by atoms with Gasteiger partial charge in [-0.2, -0.15) is 57.1 Å². The number of nitrogens with one attached hydrogen (secondary N) is 1. The van der Waals surface area contributed by atoms with Crippen LogP contribution in [-0.2, 0) is 14.2 Å². The fourth-order valence-corrected chi connectivity index (χ4v) is 9.48. The smallest absolute Gasteiger partial charge is 0.456 e. The molecule has 6 rings (SSSR count). The Hall–Kier alpha value is -5.48. The van der Waals surface area contributed by atoms with E-state index in [0.717, 1.165) is 27.9 Å². The topological polar surface area (TPSA) is 159 Å². The van der Waals surface area contributed by atoms with Crippen LogP contribution in [0.2, 0.25) is 0 Å². The van der Waals surface area contributed by atoms with Crippen LogP contribution in [0, 0.1) is 0 Å². The van der Waals surface area contributed by atoms with Gasteiger partial charge in [0.25, 0.3) is 5.56 Å². The number of H-pyrrole nitrogens is 1. The van der Waals surface area contributed by atoms with Gasteiger partial charge in [-0.1, -0.05) is 30.0 Å². The van der Waals surface area contributed by atoms with E-state index in [2.05, 4.69) is 9.48 Å². The van der Waals surface area contributed by atoms with E-state index in [0.29, 0.717) is 71.4 Å². The van der Waals surface area contributed by atoms with Crippen molar-refractivity contribution in [3.8, 4) is 22.5 Å². The molecule has 3 aromatic rings. The molecule has 1 aromatic heterocycles. The summed E-state index contributed by atoms with van der Waals surface area (Å²) < 4.78 is 206. The number of aliphatic hydroxyl groups excluding tert-OH is 2. The van der Waals surface area contributed by atoms with Gasteiger partial charge in [-0.05, 0) is 63.9 Å². The number of rotatable bonds is 23. The summed E-state index contributed by atoms with van der Waals surface area (Å²) in [5.41, 5.74) is 1.08. The Morgan fingerprint density at radius 1 is 0.842 bits per heavy atom. The molecule has 0 saturated carbocycles. The maximum Gasteiger partial charge on any atom is 0.460 e. The maximum atomic E-state index is 14.8. The molecule has 1 fully saturated rings. The number of aromatic amines is 1. The van der Waals surface area contributed by atoms with Crippen LogP contribution in [0.1, 0.15) is 57.1 Å². The van der Waals surface area contributed by atoms with Gasteiger partial charge in [0.2, 0.25) is 10.5 Å². The molecule has 3 N–H and O–H groups in total. The van der Waals surface area contributed by atoms with Crippen molar-refractivity contribution in [3.05, 3.63) is 105 Å². The van der Waals surface area contributed by atoms with Crippen molar-refractivity contribution in [2.24, 2.45) is 0 Å². The number of hydrogen-bond acceptors (Lipinski definition) is 11. The highest BCUT2D eigenvalue weighted by atomic mass is 32.2. The molecule has 0 spiro atoms. The third kappa shape index (κ3) is 11.4. The number of anilines is 1. The summed E-state index contributed by atoms with van der Waals surface area (Å²) in [4.78, 5) is 43.0. The van der Waals surface area contributed by atoms with Crippen molar-refractivity contribution < 1.29 is 90.7 Å². The summed E-state index contributed by atoms with van der Waals surface area (Å²) >= 11 is 0.527. The first-order chi connectivity index (χ1) is 35.5. The number of benzene rings is 3. The Morgan fingerprint density at radius 3 is 2.12 bits per heavy atom. The number of fused-ring (bicyclic) bond motifs is 2. The predicted molar refractivity (Wildman–Crippen MR) is 253 cm³/mol.